The van der Waals surface area contributed by atoms with Gasteiger partial charge < -0.3 is 5.73 Å². The van der Waals surface area contributed by atoms with Crippen LogP contribution < -0.4 is 10.5 Å². The second kappa shape index (κ2) is 4.70. The summed E-state index contributed by atoms with van der Waals surface area (Å²) in [6.45, 7) is 3.39. The predicted octanol–water partition coefficient (Wildman–Crippen LogP) is 0.757. The molecule has 1 aromatic heterocycles. The molecule has 0 spiro atoms. The van der Waals surface area contributed by atoms with Gasteiger partial charge in [0, 0.05) is 29.5 Å². The van der Waals surface area contributed by atoms with Gasteiger partial charge in [-0.25, -0.2) is 9.00 Å². The maximum atomic E-state index is 12.1. The Labute approximate surface area is 100 Å². The van der Waals surface area contributed by atoms with Crippen LogP contribution in [-0.4, -0.2) is 21.7 Å². The van der Waals surface area contributed by atoms with Gasteiger partial charge in [0.25, 0.3) is 0 Å². The van der Waals surface area contributed by atoms with Gasteiger partial charge in [-0.15, -0.1) is 4.36 Å². The van der Waals surface area contributed by atoms with Crippen LogP contribution in [0.5, 0.6) is 0 Å². The molecule has 0 aliphatic heterocycles. The molecule has 2 unspecified atom stereocenters. The van der Waals surface area contributed by atoms with Gasteiger partial charge in [0.2, 0.25) is 11.9 Å². The number of amides is 2. The minimum Gasteiger partial charge on any atom is -0.349 e. The summed E-state index contributed by atoms with van der Waals surface area (Å²) in [4.78, 5) is 10.7. The molecule has 1 aromatic rings. The van der Waals surface area contributed by atoms with Crippen LogP contribution in [0, 0.1) is 6.92 Å². The number of carbonyl (C=O) groups is 1. The maximum Gasteiger partial charge on any atom is 0.346 e. The molecule has 0 aliphatic rings. The molecule has 1 rings (SSSR count). The van der Waals surface area contributed by atoms with Crippen molar-refractivity contribution >= 4 is 15.8 Å². The lowest BCUT2D eigenvalue weighted by Crippen LogP contribution is -2.34. The summed E-state index contributed by atoms with van der Waals surface area (Å²) >= 11 is 0. The van der Waals surface area contributed by atoms with Crippen molar-refractivity contribution in [2.45, 2.75) is 19.1 Å². The van der Waals surface area contributed by atoms with E-state index in [1.807, 2.05) is 0 Å². The Balaban J connectivity index is 3.21. The number of nitrogens with zero attached hydrogens (tertiary/aromatic N) is 2. The average Bonchev–Trinajstić information content (AvgIpc) is 2.19. The van der Waals surface area contributed by atoms with E-state index in [0.717, 1.165) is 4.73 Å². The van der Waals surface area contributed by atoms with E-state index < -0.39 is 21.0 Å². The fourth-order valence-electron chi connectivity index (χ4n) is 1.33. The van der Waals surface area contributed by atoms with Crippen molar-refractivity contribution < 1.29 is 18.9 Å². The summed E-state index contributed by atoms with van der Waals surface area (Å²) in [7, 11) is -2.77. The molecular formula is C10H16N3O3S+. The monoisotopic (exact) mass is 258 g/mol. The Hall–Kier alpha value is -1.63. The van der Waals surface area contributed by atoms with Crippen LogP contribution in [-0.2, 0) is 9.73 Å². The van der Waals surface area contributed by atoms with Gasteiger partial charge in [-0.05, 0) is 13.0 Å². The van der Waals surface area contributed by atoms with E-state index >= 15 is 0 Å². The van der Waals surface area contributed by atoms with Crippen molar-refractivity contribution in [3.63, 3.8) is 0 Å². The molecule has 0 fully saturated rings. The van der Waals surface area contributed by atoms with Crippen LogP contribution in [0.15, 0.2) is 22.7 Å². The predicted molar refractivity (Wildman–Crippen MR) is 63.1 cm³/mol. The number of nitrogens with two attached hydrogens (primary N) is 1. The Bertz CT molecular complexity index is 562. The third kappa shape index (κ3) is 3.16. The molecule has 17 heavy (non-hydrogen) atoms. The summed E-state index contributed by atoms with van der Waals surface area (Å²) in [6, 6.07) is 2.46. The van der Waals surface area contributed by atoms with Crippen LogP contribution in [0.4, 0.5) is 4.79 Å². The van der Waals surface area contributed by atoms with E-state index in [0.29, 0.717) is 11.3 Å². The van der Waals surface area contributed by atoms with Crippen molar-refractivity contribution in [3.8, 4) is 0 Å². The number of urea groups is 1. The molecular weight excluding hydrogens is 242 g/mol. The van der Waals surface area contributed by atoms with Gasteiger partial charge in [0.15, 0.2) is 0 Å². The number of hydrogen-bond acceptors (Lipinski definition) is 3. The van der Waals surface area contributed by atoms with Crippen molar-refractivity contribution in [3.05, 3.63) is 29.6 Å². The molecule has 0 radical (unpaired) electrons. The van der Waals surface area contributed by atoms with E-state index in [-0.39, 0.29) is 0 Å². The molecule has 3 N–H and O–H groups in total. The number of aromatic nitrogens is 1. The van der Waals surface area contributed by atoms with Gasteiger partial charge in [-0.1, -0.05) is 0 Å². The van der Waals surface area contributed by atoms with Gasteiger partial charge >= 0.3 is 6.03 Å². The lowest BCUT2D eigenvalue weighted by Gasteiger charge is -2.11. The lowest BCUT2D eigenvalue weighted by atomic mass is 10.2. The zero-order valence-corrected chi connectivity index (χ0v) is 10.8. The second-order valence-corrected chi connectivity index (χ2v) is 6.49. The first-order chi connectivity index (χ1) is 7.74. The third-order valence-electron chi connectivity index (χ3n) is 2.55. The van der Waals surface area contributed by atoms with Crippen molar-refractivity contribution in [2.24, 2.45) is 10.1 Å². The van der Waals surface area contributed by atoms with E-state index in [1.54, 1.807) is 26.0 Å². The summed E-state index contributed by atoms with van der Waals surface area (Å²) in [5.74, 6) is 0. The van der Waals surface area contributed by atoms with Gasteiger partial charge in [0.1, 0.15) is 0 Å². The Morgan fingerprint density at radius 3 is 2.65 bits per heavy atom. The highest BCUT2D eigenvalue weighted by Crippen LogP contribution is 2.21. The van der Waals surface area contributed by atoms with E-state index in [9.17, 15) is 14.2 Å². The first-order valence-corrected chi connectivity index (χ1v) is 6.94. The third-order valence-corrected chi connectivity index (χ3v) is 4.67. The molecule has 0 saturated carbocycles. The number of rotatable bonds is 2. The van der Waals surface area contributed by atoms with Crippen LogP contribution in [0.2, 0.25) is 0 Å². The first-order valence-electron chi connectivity index (χ1n) is 4.96. The number of aryl methyl sites for hydroxylation is 1. The topological polar surface area (TPSA) is 96.6 Å². The maximum absolute atomic E-state index is 12.1. The summed E-state index contributed by atoms with van der Waals surface area (Å²) in [5.41, 5.74) is 6.18. The highest BCUT2D eigenvalue weighted by atomic mass is 32.2. The van der Waals surface area contributed by atoms with Crippen LogP contribution in [0.25, 0.3) is 0 Å². The number of carbonyl (C=O) groups excluding carboxylic acids is 1. The normalized spacial score (nSPS) is 15.9. The van der Waals surface area contributed by atoms with Crippen molar-refractivity contribution in [1.82, 2.24) is 0 Å². The molecule has 0 saturated heterocycles. The molecule has 0 aliphatic carbocycles. The number of hydrogen-bond donors (Lipinski definition) is 2. The minimum absolute atomic E-state index is 0.506. The molecule has 0 bridgehead atoms. The average molecular weight is 258 g/mol. The highest BCUT2D eigenvalue weighted by molar-refractivity contribution is 7.93. The fraction of sp³-hybridized carbons (Fsp3) is 0.400. The molecule has 7 heteroatoms. The Morgan fingerprint density at radius 2 is 2.18 bits per heavy atom. The molecule has 2 atom stereocenters. The lowest BCUT2D eigenvalue weighted by molar-refractivity contribution is -0.909. The van der Waals surface area contributed by atoms with E-state index in [1.165, 1.54) is 12.5 Å². The number of primary amides is 1. The molecule has 1 heterocycles. The summed E-state index contributed by atoms with van der Waals surface area (Å²) in [5, 5.41) is 8.99. The van der Waals surface area contributed by atoms with Gasteiger partial charge in [0.05, 0.1) is 15.0 Å². The summed E-state index contributed by atoms with van der Waals surface area (Å²) < 4.78 is 16.5. The molecule has 0 aromatic carbocycles. The van der Waals surface area contributed by atoms with E-state index in [4.69, 9.17) is 5.73 Å². The number of pyridine rings is 1. The minimum atomic E-state index is -2.77. The zero-order chi connectivity index (χ0) is 13.2. The fourth-order valence-corrected chi connectivity index (χ4v) is 2.49. The highest BCUT2D eigenvalue weighted by Gasteiger charge is 2.20. The van der Waals surface area contributed by atoms with Crippen LogP contribution in [0.3, 0.4) is 0 Å². The standard InChI is InChI=1S/C10H15N3O3S/c1-7-4-5-9(6-13(7)15)8(2)17(3,16)12-10(11)14/h4-6,8H,1-3H3,(H2-,11,14,15)/p+1. The van der Waals surface area contributed by atoms with Crippen molar-refractivity contribution in [2.75, 3.05) is 6.26 Å². The Kier molecular flexibility index (Phi) is 3.72. The van der Waals surface area contributed by atoms with Crippen molar-refractivity contribution in [1.29, 1.82) is 0 Å². The quantitative estimate of drug-likeness (QED) is 0.605. The summed E-state index contributed by atoms with van der Waals surface area (Å²) in [6.07, 6.45) is 2.81. The second-order valence-electron chi connectivity index (χ2n) is 3.88. The molecule has 6 nitrogen and oxygen atoms in total. The first kappa shape index (κ1) is 13.4. The molecule has 2 amide bonds. The smallest absolute Gasteiger partial charge is 0.346 e. The zero-order valence-electron chi connectivity index (χ0n) is 9.95. The Morgan fingerprint density at radius 1 is 1.59 bits per heavy atom. The molecule has 94 valence electrons. The van der Waals surface area contributed by atoms with Crippen LogP contribution in [0.1, 0.15) is 23.4 Å². The van der Waals surface area contributed by atoms with Gasteiger partial charge in [-0.2, -0.15) is 0 Å². The van der Waals surface area contributed by atoms with Gasteiger partial charge in [-0.3, -0.25) is 5.21 Å². The largest absolute Gasteiger partial charge is 0.349 e. The SMILES string of the molecule is Cc1ccc(C(C)S(C)(=O)=NC(N)=O)c[n+]1O. The van der Waals surface area contributed by atoms with E-state index in [2.05, 4.69) is 4.36 Å². The van der Waals surface area contributed by atoms with Crippen LogP contribution >= 0.6 is 0 Å².